The van der Waals surface area contributed by atoms with E-state index in [0.29, 0.717) is 17.2 Å². The SMILES string of the molecule is O=C(CCCC[C@@H]1SC[C@@H]2NC(=O)N[C@@H]21)N[C@@H](Cc1ccc(OP(=O)(O)O)cc1)C(=O)O. The molecule has 2 heterocycles. The van der Waals surface area contributed by atoms with E-state index >= 15 is 0 Å². The third-order valence-corrected chi connectivity index (χ3v) is 7.26. The Labute approximate surface area is 188 Å². The van der Waals surface area contributed by atoms with Crippen molar-refractivity contribution in [1.29, 1.82) is 0 Å². The van der Waals surface area contributed by atoms with Crippen LogP contribution in [0, 0.1) is 0 Å². The van der Waals surface area contributed by atoms with Gasteiger partial charge in [-0.1, -0.05) is 18.6 Å². The van der Waals surface area contributed by atoms with Crippen LogP contribution in [0.2, 0.25) is 0 Å². The number of nitrogens with one attached hydrogen (secondary N) is 3. The fraction of sp³-hybridized carbons (Fsp3) is 0.526. The first-order valence-electron chi connectivity index (χ1n) is 10.2. The van der Waals surface area contributed by atoms with Crippen LogP contribution in [0.1, 0.15) is 31.2 Å². The molecule has 0 aromatic heterocycles. The summed E-state index contributed by atoms with van der Waals surface area (Å²) in [5.41, 5.74) is 0.566. The number of carbonyl (C=O) groups is 3. The molecule has 13 heteroatoms. The smallest absolute Gasteiger partial charge is 0.480 e. The van der Waals surface area contributed by atoms with E-state index < -0.39 is 19.8 Å². The van der Waals surface area contributed by atoms with E-state index in [-0.39, 0.29) is 42.6 Å². The Morgan fingerprint density at radius 1 is 1.22 bits per heavy atom. The van der Waals surface area contributed by atoms with E-state index in [1.54, 1.807) is 0 Å². The summed E-state index contributed by atoms with van der Waals surface area (Å²) in [6.45, 7) is 0. The summed E-state index contributed by atoms with van der Waals surface area (Å²) >= 11 is 1.81. The molecule has 0 aliphatic carbocycles. The van der Waals surface area contributed by atoms with Gasteiger partial charge in [0.1, 0.15) is 11.8 Å². The van der Waals surface area contributed by atoms with Crippen molar-refractivity contribution >= 4 is 37.5 Å². The first kappa shape index (κ1) is 24.4. The number of unbranched alkanes of at least 4 members (excludes halogenated alkanes) is 1. The Bertz CT molecular complexity index is 893. The number of phosphoric acid groups is 1. The maximum absolute atomic E-state index is 12.2. The highest BCUT2D eigenvalue weighted by Gasteiger charge is 2.42. The summed E-state index contributed by atoms with van der Waals surface area (Å²) in [7, 11) is -4.67. The minimum absolute atomic E-state index is 0.0196. The highest BCUT2D eigenvalue weighted by Crippen LogP contribution is 2.37. The zero-order valence-corrected chi connectivity index (χ0v) is 18.8. The van der Waals surface area contributed by atoms with Crippen molar-refractivity contribution in [3.05, 3.63) is 29.8 Å². The second-order valence-corrected chi connectivity index (χ2v) is 10.2. The molecule has 4 atom stereocenters. The van der Waals surface area contributed by atoms with Gasteiger partial charge in [0.25, 0.3) is 0 Å². The molecule has 0 spiro atoms. The molecule has 6 N–H and O–H groups in total. The Hall–Kier alpha value is -2.27. The number of fused-ring (bicyclic) bond motifs is 1. The maximum atomic E-state index is 12.2. The third kappa shape index (κ3) is 7.13. The van der Waals surface area contributed by atoms with Crippen LogP contribution in [0.15, 0.2) is 24.3 Å². The van der Waals surface area contributed by atoms with Gasteiger partial charge in [-0.2, -0.15) is 11.8 Å². The van der Waals surface area contributed by atoms with Gasteiger partial charge in [-0.25, -0.2) is 14.2 Å². The zero-order valence-electron chi connectivity index (χ0n) is 17.1. The van der Waals surface area contributed by atoms with Gasteiger partial charge in [-0.05, 0) is 30.5 Å². The Kier molecular flexibility index (Phi) is 8.05. The van der Waals surface area contributed by atoms with Crippen LogP contribution < -0.4 is 20.5 Å². The van der Waals surface area contributed by atoms with E-state index in [4.69, 9.17) is 9.79 Å². The second-order valence-electron chi connectivity index (χ2n) is 7.76. The lowest BCUT2D eigenvalue weighted by Crippen LogP contribution is -2.42. The van der Waals surface area contributed by atoms with E-state index in [2.05, 4.69) is 20.5 Å². The average molecular weight is 487 g/mol. The molecule has 0 saturated carbocycles. The zero-order chi connectivity index (χ0) is 23.3. The molecule has 3 rings (SSSR count). The number of phosphoric ester groups is 1. The quantitative estimate of drug-likeness (QED) is 0.151. The number of carboxylic acid groups (broad SMARTS) is 1. The van der Waals surface area contributed by atoms with Crippen LogP contribution in [0.25, 0.3) is 0 Å². The minimum atomic E-state index is -4.67. The van der Waals surface area contributed by atoms with Crippen LogP contribution in [-0.2, 0) is 20.6 Å². The molecule has 32 heavy (non-hydrogen) atoms. The first-order valence-corrected chi connectivity index (χ1v) is 12.7. The normalized spacial score (nSPS) is 23.1. The monoisotopic (exact) mass is 487 g/mol. The number of carbonyl (C=O) groups excluding carboxylic acids is 2. The van der Waals surface area contributed by atoms with Crippen molar-refractivity contribution in [3.8, 4) is 5.75 Å². The van der Waals surface area contributed by atoms with Gasteiger partial charge in [0.15, 0.2) is 0 Å². The predicted octanol–water partition coefficient (Wildman–Crippen LogP) is 0.996. The van der Waals surface area contributed by atoms with Crippen molar-refractivity contribution < 1.29 is 38.4 Å². The average Bonchev–Trinajstić information content (AvgIpc) is 3.24. The number of benzene rings is 1. The van der Waals surface area contributed by atoms with Crippen LogP contribution in [-0.4, -0.2) is 61.9 Å². The molecule has 3 amide bonds. The predicted molar refractivity (Wildman–Crippen MR) is 116 cm³/mol. The molecule has 2 fully saturated rings. The van der Waals surface area contributed by atoms with Gasteiger partial charge in [0.2, 0.25) is 5.91 Å². The lowest BCUT2D eigenvalue weighted by Gasteiger charge is -2.17. The largest absolute Gasteiger partial charge is 0.524 e. The number of rotatable bonds is 11. The molecule has 11 nitrogen and oxygen atoms in total. The van der Waals surface area contributed by atoms with Gasteiger partial charge in [0.05, 0.1) is 12.1 Å². The number of carboxylic acids is 1. The Morgan fingerprint density at radius 2 is 1.94 bits per heavy atom. The number of amides is 3. The molecule has 2 saturated heterocycles. The van der Waals surface area contributed by atoms with Crippen molar-refractivity contribution in [2.45, 2.75) is 55.5 Å². The van der Waals surface area contributed by atoms with Crippen molar-refractivity contribution in [2.24, 2.45) is 0 Å². The van der Waals surface area contributed by atoms with E-state index in [1.165, 1.54) is 24.3 Å². The van der Waals surface area contributed by atoms with Crippen LogP contribution >= 0.6 is 19.6 Å². The summed E-state index contributed by atoms with van der Waals surface area (Å²) in [5.74, 6) is -0.697. The lowest BCUT2D eigenvalue weighted by atomic mass is 10.0. The van der Waals surface area contributed by atoms with Gasteiger partial charge in [-0.15, -0.1) is 0 Å². The second kappa shape index (κ2) is 10.6. The third-order valence-electron chi connectivity index (χ3n) is 5.30. The van der Waals surface area contributed by atoms with E-state index in [0.717, 1.165) is 18.6 Å². The molecule has 176 valence electrons. The summed E-state index contributed by atoms with van der Waals surface area (Å²) in [4.78, 5) is 52.8. The standard InChI is InChI=1S/C19H26N3O8PS/c23-16(4-2-1-3-15-17-14(10-32-15)21-19(26)22-17)20-13(18(24)25)9-11-5-7-12(8-6-11)30-31(27,28)29/h5-8,13-15,17H,1-4,9-10H2,(H,20,23)(H,24,25)(H2,21,22,26)(H2,27,28,29)/t13-,14-,15-,17-/m0/s1. The molecular weight excluding hydrogens is 461 g/mol. The minimum Gasteiger partial charge on any atom is -0.480 e. The molecule has 0 radical (unpaired) electrons. The van der Waals surface area contributed by atoms with Crippen LogP contribution in [0.5, 0.6) is 5.75 Å². The molecule has 1 aromatic rings. The highest BCUT2D eigenvalue weighted by molar-refractivity contribution is 8.00. The molecule has 0 unspecified atom stereocenters. The summed E-state index contributed by atoms with van der Waals surface area (Å²) < 4.78 is 15.3. The fourth-order valence-corrected chi connectivity index (χ4v) is 5.74. The summed E-state index contributed by atoms with van der Waals surface area (Å²) in [5, 5.41) is 18.1. The first-order chi connectivity index (χ1) is 15.1. The number of urea groups is 1. The Balaban J connectivity index is 1.40. The van der Waals surface area contributed by atoms with Gasteiger partial charge in [0, 0.05) is 23.8 Å². The molecule has 1 aromatic carbocycles. The van der Waals surface area contributed by atoms with E-state index in [1.807, 2.05) is 11.8 Å². The van der Waals surface area contributed by atoms with Gasteiger partial charge in [-0.3, -0.25) is 14.6 Å². The van der Waals surface area contributed by atoms with E-state index in [9.17, 15) is 24.1 Å². The number of aliphatic carboxylic acids is 1. The molecule has 2 aliphatic rings. The Morgan fingerprint density at radius 3 is 2.59 bits per heavy atom. The molecule has 2 aliphatic heterocycles. The fourth-order valence-electron chi connectivity index (χ4n) is 3.80. The van der Waals surface area contributed by atoms with Crippen LogP contribution in [0.4, 0.5) is 4.79 Å². The number of hydrogen-bond acceptors (Lipinski definition) is 6. The summed E-state index contributed by atoms with van der Waals surface area (Å²) in [6, 6.07) is 4.64. The summed E-state index contributed by atoms with van der Waals surface area (Å²) in [6.07, 6.45) is 2.50. The lowest BCUT2D eigenvalue weighted by molar-refractivity contribution is -0.141. The van der Waals surface area contributed by atoms with Crippen molar-refractivity contribution in [2.75, 3.05) is 5.75 Å². The number of thioether (sulfide) groups is 1. The van der Waals surface area contributed by atoms with Crippen molar-refractivity contribution in [3.63, 3.8) is 0 Å². The van der Waals surface area contributed by atoms with Crippen molar-refractivity contribution in [1.82, 2.24) is 16.0 Å². The van der Waals surface area contributed by atoms with Gasteiger partial charge < -0.3 is 25.6 Å². The molecular formula is C19H26N3O8PS. The van der Waals surface area contributed by atoms with Gasteiger partial charge >= 0.3 is 19.8 Å². The van der Waals surface area contributed by atoms with Crippen LogP contribution in [0.3, 0.4) is 0 Å². The highest BCUT2D eigenvalue weighted by atomic mass is 32.2. The molecule has 0 bridgehead atoms. The maximum Gasteiger partial charge on any atom is 0.524 e. The topological polar surface area (TPSA) is 174 Å². The number of hydrogen-bond donors (Lipinski definition) is 6.